The Labute approximate surface area is 129 Å². The third-order valence-electron chi connectivity index (χ3n) is 2.89. The second-order valence-corrected chi connectivity index (χ2v) is 4.46. The minimum absolute atomic E-state index is 0.0977. The molecule has 128 valence electrons. The Morgan fingerprint density at radius 1 is 1.21 bits per heavy atom. The van der Waals surface area contributed by atoms with Crippen molar-refractivity contribution in [1.82, 2.24) is 9.30 Å². The number of alkyl halides is 3. The molecule has 0 bridgehead atoms. The van der Waals surface area contributed by atoms with Crippen molar-refractivity contribution in [1.29, 1.82) is 0 Å². The summed E-state index contributed by atoms with van der Waals surface area (Å²) in [6, 6.07) is 2.16. The minimum Gasteiger partial charge on any atom is -0.364 e. The van der Waals surface area contributed by atoms with Gasteiger partial charge in [-0.25, -0.2) is 9.18 Å². The van der Waals surface area contributed by atoms with Gasteiger partial charge >= 0.3 is 11.9 Å². The Kier molecular flexibility index (Phi) is 4.14. The van der Waals surface area contributed by atoms with Gasteiger partial charge in [0.25, 0.3) is 11.2 Å². The molecule has 2 aromatic rings. The van der Waals surface area contributed by atoms with Crippen LogP contribution in [0.5, 0.6) is 5.75 Å². The first kappa shape index (κ1) is 17.2. The number of non-ortho nitro benzene ring substituents is 1. The molecule has 0 aliphatic carbocycles. The fourth-order valence-corrected chi connectivity index (χ4v) is 1.74. The lowest BCUT2D eigenvalue weighted by molar-refractivity contribution is -0.385. The Balaban J connectivity index is 2.53. The maximum absolute atomic E-state index is 13.7. The quantitative estimate of drug-likeness (QED) is 0.475. The number of rotatable bonds is 3. The van der Waals surface area contributed by atoms with E-state index in [-0.39, 0.29) is 15.4 Å². The SMILES string of the molecule is Cn1c(C(F)(F)F)cc(=O)n(Oc2ccc([N+](=O)[O-])cc2F)c1=O. The molecule has 2 rings (SSSR count). The second kappa shape index (κ2) is 5.79. The molecule has 0 aliphatic rings. The van der Waals surface area contributed by atoms with Crippen LogP contribution in [0.3, 0.4) is 0 Å². The van der Waals surface area contributed by atoms with Gasteiger partial charge in [0.15, 0.2) is 11.6 Å². The molecule has 0 unspecified atom stereocenters. The summed E-state index contributed by atoms with van der Waals surface area (Å²) in [5, 5.41) is 10.5. The lowest BCUT2D eigenvalue weighted by Gasteiger charge is -2.14. The van der Waals surface area contributed by atoms with Crippen molar-refractivity contribution in [2.45, 2.75) is 6.18 Å². The van der Waals surface area contributed by atoms with Crippen LogP contribution in [0.25, 0.3) is 0 Å². The monoisotopic (exact) mass is 349 g/mol. The van der Waals surface area contributed by atoms with Crippen molar-refractivity contribution in [2.24, 2.45) is 7.05 Å². The summed E-state index contributed by atoms with van der Waals surface area (Å²) in [6.07, 6.45) is -4.95. The second-order valence-electron chi connectivity index (χ2n) is 4.46. The molecule has 8 nitrogen and oxygen atoms in total. The highest BCUT2D eigenvalue weighted by molar-refractivity contribution is 5.37. The fraction of sp³-hybridized carbons (Fsp3) is 0.167. The minimum atomic E-state index is -4.95. The molecule has 0 N–H and O–H groups in total. The average Bonchev–Trinajstić information content (AvgIpc) is 2.47. The zero-order chi connectivity index (χ0) is 18.2. The highest BCUT2D eigenvalue weighted by Crippen LogP contribution is 2.27. The first-order chi connectivity index (χ1) is 11.0. The van der Waals surface area contributed by atoms with E-state index >= 15 is 0 Å². The van der Waals surface area contributed by atoms with Gasteiger partial charge in [0.05, 0.1) is 11.0 Å². The van der Waals surface area contributed by atoms with E-state index in [9.17, 15) is 37.3 Å². The van der Waals surface area contributed by atoms with Gasteiger partial charge < -0.3 is 4.84 Å². The van der Waals surface area contributed by atoms with Crippen molar-refractivity contribution < 1.29 is 27.3 Å². The van der Waals surface area contributed by atoms with Crippen LogP contribution in [-0.4, -0.2) is 14.2 Å². The highest BCUT2D eigenvalue weighted by Gasteiger charge is 2.35. The molecule has 0 saturated carbocycles. The van der Waals surface area contributed by atoms with Crippen LogP contribution in [-0.2, 0) is 13.2 Å². The van der Waals surface area contributed by atoms with E-state index in [1.54, 1.807) is 0 Å². The Morgan fingerprint density at radius 3 is 2.33 bits per heavy atom. The van der Waals surface area contributed by atoms with Crippen LogP contribution in [0, 0.1) is 15.9 Å². The van der Waals surface area contributed by atoms with Gasteiger partial charge in [0, 0.05) is 19.2 Å². The number of hydrogen-bond acceptors (Lipinski definition) is 5. The molecule has 12 heteroatoms. The van der Waals surface area contributed by atoms with Crippen molar-refractivity contribution in [2.75, 3.05) is 0 Å². The molecule has 1 heterocycles. The number of hydrogen-bond donors (Lipinski definition) is 0. The summed E-state index contributed by atoms with van der Waals surface area (Å²) in [4.78, 5) is 37.7. The van der Waals surface area contributed by atoms with Crippen molar-refractivity contribution in [3.8, 4) is 5.75 Å². The van der Waals surface area contributed by atoms with Gasteiger partial charge in [-0.2, -0.15) is 13.2 Å². The largest absolute Gasteiger partial charge is 0.431 e. The van der Waals surface area contributed by atoms with E-state index < -0.39 is 45.3 Å². The van der Waals surface area contributed by atoms with Crippen molar-refractivity contribution in [3.63, 3.8) is 0 Å². The summed E-state index contributed by atoms with van der Waals surface area (Å²) >= 11 is 0. The number of halogens is 4. The van der Waals surface area contributed by atoms with Crippen LogP contribution in [0.1, 0.15) is 5.69 Å². The maximum atomic E-state index is 13.7. The number of nitro groups is 1. The third kappa shape index (κ3) is 3.11. The number of nitrogens with zero attached hydrogens (tertiary/aromatic N) is 3. The van der Waals surface area contributed by atoms with Gasteiger partial charge in [-0.3, -0.25) is 19.5 Å². The van der Waals surface area contributed by atoms with E-state index in [0.717, 1.165) is 19.2 Å². The number of nitro benzene ring substituents is 1. The zero-order valence-corrected chi connectivity index (χ0v) is 11.7. The molecule has 1 aromatic heterocycles. The molecule has 0 radical (unpaired) electrons. The van der Waals surface area contributed by atoms with Crippen LogP contribution >= 0.6 is 0 Å². The number of benzene rings is 1. The highest BCUT2D eigenvalue weighted by atomic mass is 19.4. The summed E-state index contributed by atoms with van der Waals surface area (Å²) in [5.74, 6) is -2.03. The summed E-state index contributed by atoms with van der Waals surface area (Å²) in [7, 11) is 0.747. The summed E-state index contributed by atoms with van der Waals surface area (Å²) < 4.78 is 51.7. The predicted octanol–water partition coefficient (Wildman–Crippen LogP) is 1.46. The standard InChI is InChI=1S/C12H7F4N3O5/c1-17-9(12(14,15)16)5-10(20)18(11(17)21)24-8-3-2-6(19(22)23)4-7(8)13/h2-5H,1H3. The van der Waals surface area contributed by atoms with E-state index in [2.05, 4.69) is 4.84 Å². The van der Waals surface area contributed by atoms with Gasteiger partial charge in [-0.15, -0.1) is 0 Å². The molecule has 0 aliphatic heterocycles. The lowest BCUT2D eigenvalue weighted by atomic mass is 10.3. The molecule has 0 amide bonds. The topological polar surface area (TPSA) is 96.4 Å². The van der Waals surface area contributed by atoms with E-state index in [1.807, 2.05) is 0 Å². The van der Waals surface area contributed by atoms with Crippen LogP contribution < -0.4 is 16.1 Å². The van der Waals surface area contributed by atoms with Gasteiger partial charge in [-0.05, 0) is 6.07 Å². The van der Waals surface area contributed by atoms with Gasteiger partial charge in [0.2, 0.25) is 0 Å². The summed E-state index contributed by atoms with van der Waals surface area (Å²) in [5.41, 5.74) is -5.12. The molecule has 1 aromatic carbocycles. The maximum Gasteiger partial charge on any atom is 0.431 e. The number of aromatic nitrogens is 2. The molecular formula is C12H7F4N3O5. The third-order valence-corrected chi connectivity index (χ3v) is 2.89. The Hall–Kier alpha value is -3.18. The van der Waals surface area contributed by atoms with Gasteiger partial charge in [-0.1, -0.05) is 4.73 Å². The Morgan fingerprint density at radius 2 is 1.83 bits per heavy atom. The fourth-order valence-electron chi connectivity index (χ4n) is 1.74. The van der Waals surface area contributed by atoms with Crippen LogP contribution in [0.15, 0.2) is 33.9 Å². The molecule has 0 atom stereocenters. The smallest absolute Gasteiger partial charge is 0.364 e. The van der Waals surface area contributed by atoms with Crippen LogP contribution in [0.4, 0.5) is 23.2 Å². The van der Waals surface area contributed by atoms with E-state index in [4.69, 9.17) is 0 Å². The Bertz CT molecular complexity index is 932. The molecular weight excluding hydrogens is 342 g/mol. The van der Waals surface area contributed by atoms with Gasteiger partial charge in [0.1, 0.15) is 5.69 Å². The predicted molar refractivity (Wildman–Crippen MR) is 70.0 cm³/mol. The van der Waals surface area contributed by atoms with Crippen LogP contribution in [0.2, 0.25) is 0 Å². The summed E-state index contributed by atoms with van der Waals surface area (Å²) in [6.45, 7) is 0. The molecule has 0 spiro atoms. The van der Waals surface area contributed by atoms with Crippen molar-refractivity contribution in [3.05, 3.63) is 66.7 Å². The zero-order valence-electron chi connectivity index (χ0n) is 11.7. The molecule has 24 heavy (non-hydrogen) atoms. The molecule has 0 fully saturated rings. The first-order valence-corrected chi connectivity index (χ1v) is 6.05. The van der Waals surface area contributed by atoms with E-state index in [1.165, 1.54) is 0 Å². The first-order valence-electron chi connectivity index (χ1n) is 6.05. The van der Waals surface area contributed by atoms with E-state index in [0.29, 0.717) is 6.07 Å². The van der Waals surface area contributed by atoms with Crippen molar-refractivity contribution >= 4 is 5.69 Å². The average molecular weight is 349 g/mol. The molecule has 0 saturated heterocycles. The lowest BCUT2D eigenvalue weighted by Crippen LogP contribution is -2.43. The normalized spacial score (nSPS) is 11.4.